The molecule has 0 amide bonds. The second-order valence-corrected chi connectivity index (χ2v) is 8.81. The van der Waals surface area contributed by atoms with Gasteiger partial charge in [0.2, 0.25) is 0 Å². The second kappa shape index (κ2) is 15.0. The Hall–Kier alpha value is -3.28. The molecule has 0 saturated heterocycles. The highest BCUT2D eigenvalue weighted by Gasteiger charge is 2.14. The summed E-state index contributed by atoms with van der Waals surface area (Å²) >= 11 is 0. The predicted octanol–water partition coefficient (Wildman–Crippen LogP) is 6.26. The van der Waals surface area contributed by atoms with Gasteiger partial charge in [-0.25, -0.2) is 0 Å². The minimum atomic E-state index is 0.258. The number of phenolic OH excluding ortho intramolecular Hbond substituents is 1. The lowest BCUT2D eigenvalue weighted by Crippen LogP contribution is -2.22. The molecule has 192 valence electrons. The van der Waals surface area contributed by atoms with E-state index < -0.39 is 0 Å². The molecule has 3 aromatic carbocycles. The van der Waals surface area contributed by atoms with Crippen LogP contribution in [0.25, 0.3) is 11.1 Å². The van der Waals surface area contributed by atoms with E-state index in [0.717, 1.165) is 66.2 Å². The normalized spacial score (nSPS) is 11.8. The van der Waals surface area contributed by atoms with E-state index in [1.54, 1.807) is 19.2 Å². The van der Waals surface area contributed by atoms with E-state index in [0.29, 0.717) is 6.61 Å². The average molecular weight is 489 g/mol. The monoisotopic (exact) mass is 488 g/mol. The van der Waals surface area contributed by atoms with Gasteiger partial charge in [-0.2, -0.15) is 0 Å². The number of methoxy groups -OCH3 is 1. The number of phenols is 1. The van der Waals surface area contributed by atoms with Crippen LogP contribution in [0.2, 0.25) is 0 Å². The highest BCUT2D eigenvalue weighted by molar-refractivity contribution is 5.98. The standard InChI is InChI=1S/C31H40N2O3/c1-3-30(24-10-16-28(35-2)17-11-24)31(25-8-14-27(34)15-9-25)26-12-18-29(19-13-26)36-23-22-33-21-7-5-4-6-20-32/h8-19,33-34H,3-7,20-23,32H2,1-2H3/b31-30-. The number of aromatic hydroxyl groups is 1. The molecule has 0 saturated carbocycles. The van der Waals surface area contributed by atoms with Gasteiger partial charge in [0.15, 0.2) is 0 Å². The van der Waals surface area contributed by atoms with E-state index in [4.69, 9.17) is 15.2 Å². The van der Waals surface area contributed by atoms with Gasteiger partial charge in [0.25, 0.3) is 0 Å². The number of unbranched alkanes of at least 4 members (excludes halogenated alkanes) is 3. The quantitative estimate of drug-likeness (QED) is 0.174. The van der Waals surface area contributed by atoms with Crippen LogP contribution >= 0.6 is 0 Å². The first-order valence-corrected chi connectivity index (χ1v) is 13.0. The van der Waals surface area contributed by atoms with Gasteiger partial charge < -0.3 is 25.6 Å². The number of rotatable bonds is 15. The number of nitrogens with one attached hydrogen (secondary N) is 1. The highest BCUT2D eigenvalue weighted by atomic mass is 16.5. The van der Waals surface area contributed by atoms with Gasteiger partial charge >= 0.3 is 0 Å². The summed E-state index contributed by atoms with van der Waals surface area (Å²) in [6.07, 6.45) is 5.58. The SMILES string of the molecule is CC/C(=C(\c1ccc(O)cc1)c1ccc(OCCNCCCCCCN)cc1)c1ccc(OC)cc1. The van der Waals surface area contributed by atoms with Crippen LogP contribution in [-0.2, 0) is 0 Å². The van der Waals surface area contributed by atoms with Crippen molar-refractivity contribution in [3.63, 3.8) is 0 Å². The van der Waals surface area contributed by atoms with Crippen LogP contribution in [0.4, 0.5) is 0 Å². The van der Waals surface area contributed by atoms with E-state index in [2.05, 4.69) is 36.5 Å². The summed E-state index contributed by atoms with van der Waals surface area (Å²) in [5, 5.41) is 13.3. The Morgan fingerprint density at radius 2 is 1.33 bits per heavy atom. The van der Waals surface area contributed by atoms with Crippen LogP contribution in [0.15, 0.2) is 72.8 Å². The summed E-state index contributed by atoms with van der Waals surface area (Å²) < 4.78 is 11.3. The Balaban J connectivity index is 1.72. The van der Waals surface area contributed by atoms with Crippen molar-refractivity contribution in [1.82, 2.24) is 5.32 Å². The molecule has 0 aliphatic heterocycles. The fourth-order valence-corrected chi connectivity index (χ4v) is 4.29. The molecule has 0 aliphatic carbocycles. The average Bonchev–Trinajstić information content (AvgIpc) is 2.92. The molecule has 0 bridgehead atoms. The number of allylic oxidation sites excluding steroid dienone is 1. The zero-order chi connectivity index (χ0) is 25.6. The minimum absolute atomic E-state index is 0.258. The first kappa shape index (κ1) is 27.3. The maximum absolute atomic E-state index is 9.84. The van der Waals surface area contributed by atoms with Crippen molar-refractivity contribution in [2.24, 2.45) is 5.73 Å². The lowest BCUT2D eigenvalue weighted by molar-refractivity contribution is 0.313. The fourth-order valence-electron chi connectivity index (χ4n) is 4.29. The maximum Gasteiger partial charge on any atom is 0.119 e. The van der Waals surface area contributed by atoms with E-state index in [1.165, 1.54) is 24.8 Å². The van der Waals surface area contributed by atoms with Crippen LogP contribution < -0.4 is 20.5 Å². The molecule has 0 aromatic heterocycles. The van der Waals surface area contributed by atoms with Gasteiger partial charge in [-0.3, -0.25) is 0 Å². The van der Waals surface area contributed by atoms with Crippen LogP contribution in [-0.4, -0.2) is 38.5 Å². The molecule has 0 aliphatic rings. The third kappa shape index (κ3) is 8.14. The van der Waals surface area contributed by atoms with Gasteiger partial charge in [-0.05, 0) is 96.6 Å². The number of hydrogen-bond donors (Lipinski definition) is 3. The Kier molecular flexibility index (Phi) is 11.4. The summed E-state index contributed by atoms with van der Waals surface area (Å²) in [6.45, 7) is 5.43. The second-order valence-electron chi connectivity index (χ2n) is 8.81. The third-order valence-electron chi connectivity index (χ3n) is 6.25. The van der Waals surface area contributed by atoms with Crippen molar-refractivity contribution >= 4 is 11.1 Å². The molecule has 3 rings (SSSR count). The molecule has 3 aromatic rings. The summed E-state index contributed by atoms with van der Waals surface area (Å²) in [7, 11) is 1.68. The van der Waals surface area contributed by atoms with Gasteiger partial charge in [-0.1, -0.05) is 56.2 Å². The van der Waals surface area contributed by atoms with Crippen molar-refractivity contribution in [2.75, 3.05) is 33.4 Å². The van der Waals surface area contributed by atoms with Crippen LogP contribution in [0.1, 0.15) is 55.7 Å². The summed E-state index contributed by atoms with van der Waals surface area (Å²) in [5.41, 5.74) is 11.2. The molecular weight excluding hydrogens is 448 g/mol. The van der Waals surface area contributed by atoms with E-state index in [-0.39, 0.29) is 5.75 Å². The van der Waals surface area contributed by atoms with Gasteiger partial charge in [-0.15, -0.1) is 0 Å². The minimum Gasteiger partial charge on any atom is -0.508 e. The summed E-state index contributed by atoms with van der Waals surface area (Å²) in [4.78, 5) is 0. The molecule has 0 heterocycles. The zero-order valence-electron chi connectivity index (χ0n) is 21.6. The molecule has 0 atom stereocenters. The Morgan fingerprint density at radius 1 is 0.750 bits per heavy atom. The van der Waals surface area contributed by atoms with Crippen LogP contribution in [0.3, 0.4) is 0 Å². The smallest absolute Gasteiger partial charge is 0.119 e. The highest BCUT2D eigenvalue weighted by Crippen LogP contribution is 2.36. The lowest BCUT2D eigenvalue weighted by Gasteiger charge is -2.17. The van der Waals surface area contributed by atoms with E-state index in [1.807, 2.05) is 36.4 Å². The van der Waals surface area contributed by atoms with Crippen LogP contribution in [0, 0.1) is 0 Å². The topological polar surface area (TPSA) is 76.7 Å². The molecule has 0 unspecified atom stereocenters. The van der Waals surface area contributed by atoms with E-state index in [9.17, 15) is 5.11 Å². The third-order valence-corrected chi connectivity index (χ3v) is 6.25. The molecule has 5 heteroatoms. The number of ether oxygens (including phenoxy) is 2. The summed E-state index contributed by atoms with van der Waals surface area (Å²) in [6, 6.07) is 23.9. The number of benzene rings is 3. The molecule has 0 radical (unpaired) electrons. The molecule has 0 fully saturated rings. The van der Waals surface area contributed by atoms with Crippen molar-refractivity contribution < 1.29 is 14.6 Å². The number of nitrogens with two attached hydrogens (primary N) is 1. The van der Waals surface area contributed by atoms with Crippen molar-refractivity contribution in [1.29, 1.82) is 0 Å². The molecule has 0 spiro atoms. The van der Waals surface area contributed by atoms with Crippen molar-refractivity contribution in [2.45, 2.75) is 39.0 Å². The Morgan fingerprint density at radius 3 is 1.94 bits per heavy atom. The molecule has 5 nitrogen and oxygen atoms in total. The van der Waals surface area contributed by atoms with Crippen molar-refractivity contribution in [3.8, 4) is 17.2 Å². The first-order valence-electron chi connectivity index (χ1n) is 13.0. The van der Waals surface area contributed by atoms with E-state index >= 15 is 0 Å². The number of hydrogen-bond acceptors (Lipinski definition) is 5. The molecule has 4 N–H and O–H groups in total. The fraction of sp³-hybridized carbons (Fsp3) is 0.355. The first-order chi connectivity index (χ1) is 17.7. The predicted molar refractivity (Wildman–Crippen MR) is 150 cm³/mol. The maximum atomic E-state index is 9.84. The molecular formula is C31H40N2O3. The van der Waals surface area contributed by atoms with Gasteiger partial charge in [0, 0.05) is 6.54 Å². The Labute approximate surface area is 216 Å². The van der Waals surface area contributed by atoms with Gasteiger partial charge in [0.05, 0.1) is 7.11 Å². The van der Waals surface area contributed by atoms with Gasteiger partial charge in [0.1, 0.15) is 23.9 Å². The largest absolute Gasteiger partial charge is 0.508 e. The summed E-state index contributed by atoms with van der Waals surface area (Å²) in [5.74, 6) is 1.95. The zero-order valence-corrected chi connectivity index (χ0v) is 21.6. The Bertz CT molecular complexity index is 1060. The lowest BCUT2D eigenvalue weighted by atomic mass is 9.88. The van der Waals surface area contributed by atoms with Crippen molar-refractivity contribution in [3.05, 3.63) is 89.5 Å². The van der Waals surface area contributed by atoms with Crippen LogP contribution in [0.5, 0.6) is 17.2 Å². The molecule has 36 heavy (non-hydrogen) atoms.